The normalized spacial score (nSPS) is 23.5. The van der Waals surface area contributed by atoms with Crippen molar-refractivity contribution in [2.75, 3.05) is 0 Å². The van der Waals surface area contributed by atoms with E-state index in [0.29, 0.717) is 44.5 Å². The van der Waals surface area contributed by atoms with E-state index >= 15 is 0 Å². The molecule has 2 N–H and O–H groups in total. The zero-order chi connectivity index (χ0) is 25.6. The van der Waals surface area contributed by atoms with Crippen molar-refractivity contribution in [3.8, 4) is 0 Å². The molecule has 0 aromatic heterocycles. The van der Waals surface area contributed by atoms with Gasteiger partial charge in [-0.3, -0.25) is 0 Å². The zero-order valence-corrected chi connectivity index (χ0v) is 22.2. The average Bonchev–Trinajstić information content (AvgIpc) is 3.59. The summed E-state index contributed by atoms with van der Waals surface area (Å²) >= 11 is 12.3. The standard InChI is InChI=1S/2C14H17ClO2/c2*1-14(2,3)11-7-10(11)9-5-4-8(13(16)17)6-12(9)15/h2*4-6,10-11H,7H2,1-3H3,(H,16,17)/t2*10-,11+/m00/s1. The molecule has 0 bridgehead atoms. The number of rotatable bonds is 4. The Balaban J connectivity index is 0.000000191. The molecular formula is C28H34Cl2O4. The van der Waals surface area contributed by atoms with Crippen LogP contribution in [0.3, 0.4) is 0 Å². The van der Waals surface area contributed by atoms with Crippen LogP contribution in [0.4, 0.5) is 0 Å². The van der Waals surface area contributed by atoms with E-state index in [1.165, 1.54) is 0 Å². The predicted octanol–water partition coefficient (Wildman–Crippen LogP) is 8.38. The number of hydrogen-bond acceptors (Lipinski definition) is 2. The molecule has 0 radical (unpaired) electrons. The molecule has 0 unspecified atom stereocenters. The van der Waals surface area contributed by atoms with Crippen LogP contribution in [-0.2, 0) is 0 Å². The van der Waals surface area contributed by atoms with Gasteiger partial charge in [-0.15, -0.1) is 0 Å². The Labute approximate surface area is 212 Å². The summed E-state index contributed by atoms with van der Waals surface area (Å²) in [5, 5.41) is 18.9. The highest BCUT2D eigenvalue weighted by atomic mass is 35.5. The van der Waals surface area contributed by atoms with E-state index in [2.05, 4.69) is 41.5 Å². The van der Waals surface area contributed by atoms with E-state index in [1.807, 2.05) is 12.1 Å². The van der Waals surface area contributed by atoms with Gasteiger partial charge in [0.1, 0.15) is 0 Å². The molecule has 4 nitrogen and oxygen atoms in total. The minimum absolute atomic E-state index is 0.256. The van der Waals surface area contributed by atoms with Gasteiger partial charge in [-0.2, -0.15) is 0 Å². The van der Waals surface area contributed by atoms with E-state index in [-0.39, 0.29) is 11.1 Å². The van der Waals surface area contributed by atoms with Crippen molar-refractivity contribution in [3.63, 3.8) is 0 Å². The van der Waals surface area contributed by atoms with Crippen molar-refractivity contribution < 1.29 is 19.8 Å². The van der Waals surface area contributed by atoms with Gasteiger partial charge in [-0.05, 0) is 82.7 Å². The Hall–Kier alpha value is -2.04. The fraction of sp³-hybridized carbons (Fsp3) is 0.500. The highest BCUT2D eigenvalue weighted by molar-refractivity contribution is 6.32. The van der Waals surface area contributed by atoms with Crippen LogP contribution in [0.2, 0.25) is 10.0 Å². The van der Waals surface area contributed by atoms with Gasteiger partial charge >= 0.3 is 11.9 Å². The lowest BCUT2D eigenvalue weighted by Gasteiger charge is -2.18. The van der Waals surface area contributed by atoms with Gasteiger partial charge in [0, 0.05) is 10.0 Å². The molecule has 2 aromatic rings. The van der Waals surface area contributed by atoms with Gasteiger partial charge in [0.25, 0.3) is 0 Å². The lowest BCUT2D eigenvalue weighted by atomic mass is 9.87. The third kappa shape index (κ3) is 6.14. The molecule has 4 rings (SSSR count). The molecule has 0 spiro atoms. The number of benzene rings is 2. The predicted molar refractivity (Wildman–Crippen MR) is 137 cm³/mol. The minimum atomic E-state index is -0.929. The molecule has 0 amide bonds. The van der Waals surface area contributed by atoms with Gasteiger partial charge in [0.15, 0.2) is 0 Å². The molecule has 2 fully saturated rings. The first kappa shape index (κ1) is 26.6. The lowest BCUT2D eigenvalue weighted by Crippen LogP contribution is -2.09. The van der Waals surface area contributed by atoms with E-state index < -0.39 is 11.9 Å². The molecule has 2 aliphatic rings. The quantitative estimate of drug-likeness (QED) is 0.438. The molecule has 184 valence electrons. The Morgan fingerprint density at radius 2 is 1.03 bits per heavy atom. The van der Waals surface area contributed by atoms with E-state index in [4.69, 9.17) is 33.4 Å². The third-order valence-electron chi connectivity index (χ3n) is 7.10. The summed E-state index contributed by atoms with van der Waals surface area (Å²) in [5.74, 6) is 0.422. The van der Waals surface area contributed by atoms with Gasteiger partial charge in [-0.1, -0.05) is 76.9 Å². The maximum atomic E-state index is 10.8. The molecule has 0 saturated heterocycles. The van der Waals surface area contributed by atoms with Crippen LogP contribution in [0.5, 0.6) is 0 Å². The summed E-state index contributed by atoms with van der Waals surface area (Å²) in [6.45, 7) is 13.4. The summed E-state index contributed by atoms with van der Waals surface area (Å²) in [6.07, 6.45) is 2.30. The molecule has 2 aromatic carbocycles. The molecule has 34 heavy (non-hydrogen) atoms. The average molecular weight is 505 g/mol. The van der Waals surface area contributed by atoms with Gasteiger partial charge < -0.3 is 10.2 Å². The third-order valence-corrected chi connectivity index (χ3v) is 7.75. The number of halogens is 2. The fourth-order valence-corrected chi connectivity index (χ4v) is 5.55. The van der Waals surface area contributed by atoms with Crippen LogP contribution in [0.1, 0.15) is 98.1 Å². The Kier molecular flexibility index (Phi) is 7.46. The second kappa shape index (κ2) is 9.54. The summed E-state index contributed by atoms with van der Waals surface area (Å²) in [4.78, 5) is 21.6. The Morgan fingerprint density at radius 1 is 0.706 bits per heavy atom. The van der Waals surface area contributed by atoms with Gasteiger partial charge in [0.2, 0.25) is 0 Å². The van der Waals surface area contributed by atoms with E-state index in [9.17, 15) is 9.59 Å². The second-order valence-corrected chi connectivity index (χ2v) is 12.5. The van der Waals surface area contributed by atoms with Crippen molar-refractivity contribution in [3.05, 3.63) is 68.7 Å². The van der Waals surface area contributed by atoms with E-state index in [0.717, 1.165) is 24.0 Å². The van der Waals surface area contributed by atoms with Crippen LogP contribution in [-0.4, -0.2) is 22.2 Å². The topological polar surface area (TPSA) is 74.6 Å². The fourth-order valence-electron chi connectivity index (χ4n) is 4.91. The highest BCUT2D eigenvalue weighted by Gasteiger charge is 2.47. The molecule has 2 saturated carbocycles. The van der Waals surface area contributed by atoms with Crippen molar-refractivity contribution in [2.24, 2.45) is 22.7 Å². The first-order valence-corrected chi connectivity index (χ1v) is 12.4. The number of carboxylic acid groups (broad SMARTS) is 2. The lowest BCUT2D eigenvalue weighted by molar-refractivity contribution is 0.0686. The first-order valence-electron chi connectivity index (χ1n) is 11.7. The maximum Gasteiger partial charge on any atom is 0.335 e. The van der Waals surface area contributed by atoms with Crippen LogP contribution in [0.15, 0.2) is 36.4 Å². The molecule has 2 aliphatic carbocycles. The Bertz CT molecular complexity index is 1010. The van der Waals surface area contributed by atoms with Crippen molar-refractivity contribution in [1.82, 2.24) is 0 Å². The Morgan fingerprint density at radius 3 is 1.24 bits per heavy atom. The smallest absolute Gasteiger partial charge is 0.335 e. The molecule has 0 aliphatic heterocycles. The number of carbonyl (C=O) groups is 2. The molecule has 6 heteroatoms. The van der Waals surface area contributed by atoms with Crippen LogP contribution >= 0.6 is 23.2 Å². The van der Waals surface area contributed by atoms with Crippen LogP contribution in [0.25, 0.3) is 0 Å². The number of hydrogen-bond donors (Lipinski definition) is 2. The van der Waals surface area contributed by atoms with Gasteiger partial charge in [0.05, 0.1) is 11.1 Å². The van der Waals surface area contributed by atoms with E-state index in [1.54, 1.807) is 24.3 Å². The summed E-state index contributed by atoms with van der Waals surface area (Å²) in [7, 11) is 0. The molecule has 4 atom stereocenters. The van der Waals surface area contributed by atoms with Crippen LogP contribution < -0.4 is 0 Å². The first-order chi connectivity index (χ1) is 15.6. The summed E-state index contributed by atoms with van der Waals surface area (Å²) in [5.41, 5.74) is 3.28. The SMILES string of the molecule is CC(C)(C)[C@@H]1C[C@H]1c1ccc(C(=O)O)cc1Cl.CC(C)(C)[C@@H]1C[C@H]1c1ccc(C(=O)O)cc1Cl. The largest absolute Gasteiger partial charge is 0.478 e. The summed E-state index contributed by atoms with van der Waals surface area (Å²) < 4.78 is 0. The zero-order valence-electron chi connectivity index (χ0n) is 20.7. The maximum absolute atomic E-state index is 10.8. The van der Waals surface area contributed by atoms with Crippen molar-refractivity contribution in [2.45, 2.75) is 66.2 Å². The molecular weight excluding hydrogens is 471 g/mol. The second-order valence-electron chi connectivity index (χ2n) is 11.7. The monoisotopic (exact) mass is 504 g/mol. The van der Waals surface area contributed by atoms with Crippen LogP contribution in [0, 0.1) is 22.7 Å². The van der Waals surface area contributed by atoms with Gasteiger partial charge in [-0.25, -0.2) is 9.59 Å². The summed E-state index contributed by atoms with van der Waals surface area (Å²) in [6, 6.07) is 10.1. The van der Waals surface area contributed by atoms with Crippen molar-refractivity contribution >= 4 is 35.1 Å². The minimum Gasteiger partial charge on any atom is -0.478 e. The van der Waals surface area contributed by atoms with Crippen molar-refractivity contribution in [1.29, 1.82) is 0 Å². The highest BCUT2D eigenvalue weighted by Crippen LogP contribution is 2.58. The number of aromatic carboxylic acids is 2. The molecule has 0 heterocycles. The number of carboxylic acids is 2.